The van der Waals surface area contributed by atoms with Gasteiger partial charge in [-0.2, -0.15) is 0 Å². The van der Waals surface area contributed by atoms with Gasteiger partial charge in [0.2, 0.25) is 0 Å². The Kier molecular flexibility index (Phi) is 11.4. The summed E-state index contributed by atoms with van der Waals surface area (Å²) in [4.78, 5) is -0.270. The molecule has 0 radical (unpaired) electrons. The fourth-order valence-corrected chi connectivity index (χ4v) is 14.9. The monoisotopic (exact) mass is 867 g/mol. The number of hydrogen-bond donors (Lipinski definition) is 0. The molecule has 2 fully saturated rings. The van der Waals surface area contributed by atoms with Crippen molar-refractivity contribution in [2.45, 2.75) is 146 Å². The summed E-state index contributed by atoms with van der Waals surface area (Å²) < 4.78 is 21.3. The molecule has 3 atom stereocenters. The van der Waals surface area contributed by atoms with Gasteiger partial charge in [0.05, 0.1) is 24.9 Å². The molecule has 1 saturated heterocycles. The van der Waals surface area contributed by atoms with Crippen molar-refractivity contribution in [3.05, 3.63) is 129 Å². The van der Waals surface area contributed by atoms with Crippen molar-refractivity contribution < 1.29 is 14.2 Å². The molecule has 1 spiro atoms. The molecule has 9 rings (SSSR count). The van der Waals surface area contributed by atoms with E-state index in [9.17, 15) is 0 Å². The van der Waals surface area contributed by atoms with Crippen LogP contribution in [-0.4, -0.2) is 34.6 Å². The third-order valence-corrected chi connectivity index (χ3v) is 21.6. The van der Waals surface area contributed by atoms with Crippen molar-refractivity contribution in [3.63, 3.8) is 0 Å². The fourth-order valence-electron chi connectivity index (χ4n) is 12.2. The van der Waals surface area contributed by atoms with Gasteiger partial charge in [-0.15, -0.1) is 11.8 Å². The molecule has 2 aliphatic heterocycles. The zero-order chi connectivity index (χ0) is 43.8. The molecule has 328 valence electrons. The predicted octanol–water partition coefficient (Wildman–Crippen LogP) is 14.7. The van der Waals surface area contributed by atoms with E-state index in [1.807, 2.05) is 11.8 Å². The number of fused-ring (bicyclic) bond motifs is 11. The van der Waals surface area contributed by atoms with Gasteiger partial charge in [-0.3, -0.25) is 0 Å². The number of rotatable bonds is 12. The predicted molar refractivity (Wildman–Crippen MR) is 267 cm³/mol. The largest absolute Gasteiger partial charge is 0.497 e. The lowest BCUT2D eigenvalue weighted by molar-refractivity contribution is 0.0194. The average Bonchev–Trinajstić information content (AvgIpc) is 3.83. The van der Waals surface area contributed by atoms with Gasteiger partial charge in [0.1, 0.15) is 22.0 Å². The van der Waals surface area contributed by atoms with Crippen LogP contribution in [0.2, 0.25) is 0 Å². The number of benzene rings is 4. The van der Waals surface area contributed by atoms with Gasteiger partial charge in [-0.05, 0) is 126 Å². The van der Waals surface area contributed by atoms with Crippen LogP contribution in [0.5, 0.6) is 11.5 Å². The van der Waals surface area contributed by atoms with Crippen LogP contribution in [0.4, 0.5) is 0 Å². The van der Waals surface area contributed by atoms with E-state index in [1.165, 1.54) is 83.0 Å². The lowest BCUT2D eigenvalue weighted by atomic mass is 9.58. The van der Waals surface area contributed by atoms with Crippen LogP contribution in [0.25, 0.3) is 23.3 Å². The quantitative estimate of drug-likeness (QED) is 0.133. The Morgan fingerprint density at radius 2 is 1.47 bits per heavy atom. The van der Waals surface area contributed by atoms with E-state index >= 15 is 0 Å². The first kappa shape index (κ1) is 43.7. The van der Waals surface area contributed by atoms with Crippen LogP contribution >= 0.6 is 11.8 Å². The minimum absolute atomic E-state index is 0.0713. The molecule has 3 unspecified atom stereocenters. The van der Waals surface area contributed by atoms with Crippen molar-refractivity contribution in [1.29, 1.82) is 0 Å². The Morgan fingerprint density at radius 3 is 2.06 bits per heavy atom. The van der Waals surface area contributed by atoms with Gasteiger partial charge in [0.15, 0.2) is 10.5 Å². The van der Waals surface area contributed by atoms with Crippen LogP contribution in [0, 0.1) is 17.3 Å². The second-order valence-electron chi connectivity index (χ2n) is 20.4. The van der Waals surface area contributed by atoms with Crippen LogP contribution < -0.4 is 9.47 Å². The lowest BCUT2D eigenvalue weighted by Crippen LogP contribution is -2.39. The molecule has 62 heavy (non-hydrogen) atoms. The molecule has 3 nitrogen and oxygen atoms in total. The minimum Gasteiger partial charge on any atom is -0.497 e. The van der Waals surface area contributed by atoms with Gasteiger partial charge in [-0.25, -0.2) is 0 Å². The minimum atomic E-state index is -0.829. The topological polar surface area (TPSA) is 27.7 Å². The van der Waals surface area contributed by atoms with Gasteiger partial charge in [0.25, 0.3) is 0 Å². The van der Waals surface area contributed by atoms with E-state index in [1.54, 1.807) is 7.11 Å². The van der Waals surface area contributed by atoms with Gasteiger partial charge in [-0.1, -0.05) is 128 Å². The smallest absolute Gasteiger partial charge is 0.178 e. The summed E-state index contributed by atoms with van der Waals surface area (Å²) in [5, 5.41) is 0.230. The van der Waals surface area contributed by atoms with Crippen molar-refractivity contribution in [1.82, 2.24) is 0 Å². The molecule has 4 aromatic carbocycles. The normalized spacial score (nSPS) is 23.2. The SMILES string of the molecule is CCC1(CC)CCC2(CC1)c1ccccc1-c1c3c(c4c(c12)C=CC(c1ccc(CCC(C)(CC)[S+](C)C)cc1)(c1ccc(OC)cc1)O4)CC1SC(C(C)C)(C(C)C)OC1=C3. The molecule has 3 aliphatic carbocycles. The fraction of sp³-hybridized carbons (Fsp3) is 0.509. The van der Waals surface area contributed by atoms with Crippen LogP contribution in [0.15, 0.2) is 84.6 Å². The first-order valence-electron chi connectivity index (χ1n) is 23.8. The Labute approximate surface area is 381 Å². The first-order chi connectivity index (χ1) is 29.7. The highest BCUT2D eigenvalue weighted by Gasteiger charge is 2.55. The summed E-state index contributed by atoms with van der Waals surface area (Å²) in [7, 11) is 2.10. The van der Waals surface area contributed by atoms with E-state index < -0.39 is 5.60 Å². The molecule has 0 aromatic heterocycles. The third kappa shape index (κ3) is 6.66. The molecule has 5 heteroatoms. The van der Waals surface area contributed by atoms with Crippen LogP contribution in [0.3, 0.4) is 0 Å². The summed E-state index contributed by atoms with van der Waals surface area (Å²) in [5.41, 5.74) is 13.0. The van der Waals surface area contributed by atoms with E-state index in [-0.39, 0.29) is 15.6 Å². The van der Waals surface area contributed by atoms with Crippen molar-refractivity contribution >= 4 is 34.8 Å². The molecule has 2 heterocycles. The Hall–Kier alpha value is -3.54. The summed E-state index contributed by atoms with van der Waals surface area (Å²) in [5.74, 6) is 3.80. The molecule has 0 bridgehead atoms. The number of thioether (sulfide) groups is 1. The van der Waals surface area contributed by atoms with Crippen LogP contribution in [0.1, 0.15) is 151 Å². The second-order valence-corrected chi connectivity index (χ2v) is 24.5. The highest BCUT2D eigenvalue weighted by molar-refractivity contribution is 8.01. The molecule has 4 aromatic rings. The number of aryl methyl sites for hydroxylation is 1. The molecular weight excluding hydrogens is 797 g/mol. The third-order valence-electron chi connectivity index (χ3n) is 17.0. The molecule has 5 aliphatic rings. The highest BCUT2D eigenvalue weighted by atomic mass is 32.2. The van der Waals surface area contributed by atoms with E-state index in [0.717, 1.165) is 54.1 Å². The molecule has 0 amide bonds. The van der Waals surface area contributed by atoms with E-state index in [4.69, 9.17) is 14.2 Å². The maximum Gasteiger partial charge on any atom is 0.178 e. The maximum absolute atomic E-state index is 8.00. The second kappa shape index (κ2) is 16.2. The molecule has 1 saturated carbocycles. The zero-order valence-electron chi connectivity index (χ0n) is 39.5. The summed E-state index contributed by atoms with van der Waals surface area (Å²) in [6, 6.07) is 27.5. The first-order valence-corrected chi connectivity index (χ1v) is 26.8. The zero-order valence-corrected chi connectivity index (χ0v) is 41.1. The Balaban J connectivity index is 1.25. The standard InChI is InChI=1S/C57H71O3S2/c1-12-53(8,62(10)11)29-27-39-19-21-40(22-20-39)56(41-23-25-42(58-9)26-24-41)30-28-44-51-50(43-17-15-16-18-47(43)55(51)33-31-54(13-2,14-3)32-34-55)45-35-48-49(36-46(45)52(44)60-56)61-57(59-48,37(4)5)38(6)7/h15-26,28,30,35,37-38,49H,12-14,27,29,31-34,36H2,1-11H3/q+1. The van der Waals surface area contributed by atoms with Crippen molar-refractivity contribution in [2.75, 3.05) is 19.6 Å². The maximum atomic E-state index is 8.00. The van der Waals surface area contributed by atoms with Gasteiger partial charge >= 0.3 is 0 Å². The van der Waals surface area contributed by atoms with Crippen LogP contribution in [-0.2, 0) is 39.5 Å². The van der Waals surface area contributed by atoms with E-state index in [2.05, 4.69) is 159 Å². The van der Waals surface area contributed by atoms with Crippen molar-refractivity contribution in [3.8, 4) is 22.6 Å². The van der Waals surface area contributed by atoms with Crippen molar-refractivity contribution in [2.24, 2.45) is 17.3 Å². The van der Waals surface area contributed by atoms with Gasteiger partial charge < -0.3 is 14.2 Å². The van der Waals surface area contributed by atoms with E-state index in [0.29, 0.717) is 32.9 Å². The summed E-state index contributed by atoms with van der Waals surface area (Å²) >= 11 is 2.05. The average molecular weight is 868 g/mol. The number of ether oxygens (including phenoxy) is 3. The molecule has 0 N–H and O–H groups in total. The molecular formula is C57H71O3S2+. The lowest BCUT2D eigenvalue weighted by Gasteiger charge is -2.47. The Morgan fingerprint density at radius 1 is 0.823 bits per heavy atom. The summed E-state index contributed by atoms with van der Waals surface area (Å²) in [6.07, 6.45) is 23.8. The Bertz CT molecular complexity index is 2360. The number of hydrogen-bond acceptors (Lipinski definition) is 4. The number of methoxy groups -OCH3 is 1. The summed E-state index contributed by atoms with van der Waals surface area (Å²) in [6.45, 7) is 19.0. The van der Waals surface area contributed by atoms with Gasteiger partial charge in [0, 0.05) is 45.9 Å². The highest BCUT2D eigenvalue weighted by Crippen LogP contribution is 2.66.